The molecule has 8 heteroatoms. The lowest BCUT2D eigenvalue weighted by molar-refractivity contribution is -0.139. The van der Waals surface area contributed by atoms with Gasteiger partial charge in [0, 0.05) is 0 Å². The molecule has 0 amide bonds. The highest BCUT2D eigenvalue weighted by Gasteiger charge is 2.24. The molecule has 0 atom stereocenters. The molecule has 0 aliphatic rings. The van der Waals surface area contributed by atoms with Gasteiger partial charge in [0.25, 0.3) is 0 Å². The van der Waals surface area contributed by atoms with Crippen molar-refractivity contribution in [2.75, 3.05) is 6.61 Å². The van der Waals surface area contributed by atoms with Gasteiger partial charge in [-0.15, -0.1) is 11.3 Å². The van der Waals surface area contributed by atoms with Gasteiger partial charge in [-0.25, -0.2) is 14.0 Å². The summed E-state index contributed by atoms with van der Waals surface area (Å²) in [5, 5.41) is 17.8. The number of aromatic carboxylic acids is 1. The summed E-state index contributed by atoms with van der Waals surface area (Å²) in [4.78, 5) is 22.2. The summed E-state index contributed by atoms with van der Waals surface area (Å²) in [5.41, 5.74) is 0.598. The first kappa shape index (κ1) is 15.5. The van der Waals surface area contributed by atoms with Gasteiger partial charge in [-0.1, -0.05) is 12.1 Å². The second-order valence-corrected chi connectivity index (χ2v) is 5.71. The summed E-state index contributed by atoms with van der Waals surface area (Å²) in [7, 11) is 0. The molecule has 0 unspecified atom stereocenters. The van der Waals surface area contributed by atoms with E-state index in [0.717, 1.165) is 11.3 Å². The Kier molecular flexibility index (Phi) is 4.59. The fraction of sp³-hybridized carbons (Fsp3) is 0.0769. The van der Waals surface area contributed by atoms with E-state index in [9.17, 15) is 14.0 Å². The largest absolute Gasteiger partial charge is 0.479 e. The van der Waals surface area contributed by atoms with Crippen LogP contribution < -0.4 is 4.74 Å². The molecule has 0 radical (unpaired) electrons. The molecule has 1 aromatic heterocycles. The Morgan fingerprint density at radius 1 is 1.24 bits per heavy atom. The standard InChI is InChI=1S/C13H8BrFO5S/c14-9-10(20-5-8(16)17)12(13(18)19)21-11(9)6-1-3-7(15)4-2-6/h1-4H,5H2,(H,16,17)(H,18,19). The van der Waals surface area contributed by atoms with Crippen LogP contribution in [0.4, 0.5) is 4.39 Å². The quantitative estimate of drug-likeness (QED) is 0.836. The number of aliphatic carboxylic acids is 1. The van der Waals surface area contributed by atoms with Crippen LogP contribution in [0.3, 0.4) is 0 Å². The maximum atomic E-state index is 12.9. The van der Waals surface area contributed by atoms with E-state index < -0.39 is 24.4 Å². The van der Waals surface area contributed by atoms with Gasteiger partial charge in [-0.2, -0.15) is 0 Å². The van der Waals surface area contributed by atoms with Crippen LogP contribution in [0.15, 0.2) is 28.7 Å². The van der Waals surface area contributed by atoms with Crippen molar-refractivity contribution in [1.82, 2.24) is 0 Å². The SMILES string of the molecule is O=C(O)COc1c(C(=O)O)sc(-c2ccc(F)cc2)c1Br. The maximum absolute atomic E-state index is 12.9. The van der Waals surface area contributed by atoms with Crippen molar-refractivity contribution >= 4 is 39.2 Å². The molecule has 110 valence electrons. The average molecular weight is 375 g/mol. The third-order valence-corrected chi connectivity index (χ3v) is 4.68. The molecule has 1 aromatic carbocycles. The molecule has 1 heterocycles. The number of halogens is 2. The fourth-order valence-electron chi connectivity index (χ4n) is 1.59. The smallest absolute Gasteiger partial charge is 0.349 e. The number of ether oxygens (including phenoxy) is 1. The van der Waals surface area contributed by atoms with Gasteiger partial charge in [0.05, 0.1) is 9.35 Å². The van der Waals surface area contributed by atoms with Gasteiger partial charge in [-0.05, 0) is 33.6 Å². The van der Waals surface area contributed by atoms with Gasteiger partial charge < -0.3 is 14.9 Å². The van der Waals surface area contributed by atoms with Crippen LogP contribution in [0.1, 0.15) is 9.67 Å². The number of carboxylic acid groups (broad SMARTS) is 2. The summed E-state index contributed by atoms with van der Waals surface area (Å²) in [6, 6.07) is 5.50. The van der Waals surface area contributed by atoms with Gasteiger partial charge >= 0.3 is 11.9 Å². The highest BCUT2D eigenvalue weighted by atomic mass is 79.9. The number of benzene rings is 1. The van der Waals surface area contributed by atoms with E-state index in [1.807, 2.05) is 0 Å². The number of hydrogen-bond donors (Lipinski definition) is 2. The first-order valence-electron chi connectivity index (χ1n) is 5.56. The van der Waals surface area contributed by atoms with E-state index in [1.165, 1.54) is 24.3 Å². The molecule has 0 aliphatic heterocycles. The van der Waals surface area contributed by atoms with E-state index in [0.29, 0.717) is 14.9 Å². The lowest BCUT2D eigenvalue weighted by Crippen LogP contribution is -2.11. The molecule has 2 rings (SSSR count). The van der Waals surface area contributed by atoms with Crippen LogP contribution in [0.5, 0.6) is 5.75 Å². The van der Waals surface area contributed by atoms with Gasteiger partial charge in [0.2, 0.25) is 0 Å². The van der Waals surface area contributed by atoms with Crippen molar-refractivity contribution in [3.63, 3.8) is 0 Å². The van der Waals surface area contributed by atoms with Crippen molar-refractivity contribution in [3.05, 3.63) is 39.4 Å². The monoisotopic (exact) mass is 374 g/mol. The van der Waals surface area contributed by atoms with Crippen LogP contribution in [-0.2, 0) is 4.79 Å². The van der Waals surface area contributed by atoms with Crippen molar-refractivity contribution in [2.45, 2.75) is 0 Å². The van der Waals surface area contributed by atoms with E-state index in [4.69, 9.17) is 14.9 Å². The van der Waals surface area contributed by atoms with E-state index in [-0.39, 0.29) is 10.6 Å². The van der Waals surface area contributed by atoms with Crippen molar-refractivity contribution in [3.8, 4) is 16.2 Å². The molecule has 0 saturated heterocycles. The van der Waals surface area contributed by atoms with Crippen molar-refractivity contribution in [2.24, 2.45) is 0 Å². The zero-order chi connectivity index (χ0) is 15.6. The van der Waals surface area contributed by atoms with E-state index >= 15 is 0 Å². The lowest BCUT2D eigenvalue weighted by Gasteiger charge is -2.03. The minimum Gasteiger partial charge on any atom is -0.479 e. The van der Waals surface area contributed by atoms with Crippen LogP contribution in [0.2, 0.25) is 0 Å². The van der Waals surface area contributed by atoms with Crippen LogP contribution in [0, 0.1) is 5.82 Å². The highest BCUT2D eigenvalue weighted by Crippen LogP contribution is 2.45. The first-order chi connectivity index (χ1) is 9.90. The Balaban J connectivity index is 2.48. The Labute approximate surface area is 130 Å². The molecule has 0 saturated carbocycles. The number of carboxylic acids is 2. The second-order valence-electron chi connectivity index (χ2n) is 3.90. The molecular formula is C13H8BrFO5S. The molecule has 21 heavy (non-hydrogen) atoms. The molecule has 0 aliphatic carbocycles. The Hall–Kier alpha value is -1.93. The lowest BCUT2D eigenvalue weighted by atomic mass is 10.2. The predicted octanol–water partition coefficient (Wildman–Crippen LogP) is 3.48. The van der Waals surface area contributed by atoms with Crippen molar-refractivity contribution < 1.29 is 28.9 Å². The number of thiophene rings is 1. The molecule has 2 aromatic rings. The van der Waals surface area contributed by atoms with E-state index in [1.54, 1.807) is 0 Å². The first-order valence-corrected chi connectivity index (χ1v) is 7.17. The Morgan fingerprint density at radius 2 is 1.86 bits per heavy atom. The van der Waals surface area contributed by atoms with Gasteiger partial charge in [0.15, 0.2) is 17.2 Å². The fourth-order valence-corrected chi connectivity index (χ4v) is 3.48. The zero-order valence-corrected chi connectivity index (χ0v) is 12.7. The van der Waals surface area contributed by atoms with Gasteiger partial charge in [0.1, 0.15) is 5.82 Å². The normalized spacial score (nSPS) is 10.4. The summed E-state index contributed by atoms with van der Waals surface area (Å²) in [6.07, 6.45) is 0. The third kappa shape index (κ3) is 3.40. The maximum Gasteiger partial charge on any atom is 0.349 e. The summed E-state index contributed by atoms with van der Waals surface area (Å²) in [5.74, 6) is -2.90. The molecule has 2 N–H and O–H groups in total. The number of hydrogen-bond acceptors (Lipinski definition) is 4. The van der Waals surface area contributed by atoms with Crippen LogP contribution in [-0.4, -0.2) is 28.8 Å². The van der Waals surface area contributed by atoms with Crippen molar-refractivity contribution in [1.29, 1.82) is 0 Å². The average Bonchev–Trinajstić information content (AvgIpc) is 2.75. The third-order valence-electron chi connectivity index (χ3n) is 2.45. The number of rotatable bonds is 5. The zero-order valence-electron chi connectivity index (χ0n) is 10.3. The molecular weight excluding hydrogens is 367 g/mol. The molecule has 0 bridgehead atoms. The summed E-state index contributed by atoms with van der Waals surface area (Å²) >= 11 is 4.13. The van der Waals surface area contributed by atoms with Crippen LogP contribution in [0.25, 0.3) is 10.4 Å². The topological polar surface area (TPSA) is 83.8 Å². The van der Waals surface area contributed by atoms with Gasteiger partial charge in [-0.3, -0.25) is 0 Å². The summed E-state index contributed by atoms with van der Waals surface area (Å²) in [6.45, 7) is -0.654. The minimum absolute atomic E-state index is 0.0470. The Bertz CT molecular complexity index is 695. The minimum atomic E-state index is -1.23. The van der Waals surface area contributed by atoms with Crippen LogP contribution >= 0.6 is 27.3 Å². The van der Waals surface area contributed by atoms with E-state index in [2.05, 4.69) is 15.9 Å². The molecule has 0 fully saturated rings. The number of carbonyl (C=O) groups is 2. The Morgan fingerprint density at radius 3 is 2.38 bits per heavy atom. The second kappa shape index (κ2) is 6.23. The molecule has 0 spiro atoms. The predicted molar refractivity (Wildman–Crippen MR) is 77.5 cm³/mol. The molecule has 5 nitrogen and oxygen atoms in total. The summed E-state index contributed by atoms with van der Waals surface area (Å²) < 4.78 is 18.3. The highest BCUT2D eigenvalue weighted by molar-refractivity contribution is 9.10.